The van der Waals surface area contributed by atoms with E-state index in [1.165, 1.54) is 6.08 Å². The summed E-state index contributed by atoms with van der Waals surface area (Å²) in [5, 5.41) is 27.5. The molecule has 88 valence electrons. The second kappa shape index (κ2) is 16.2. The van der Waals surface area contributed by atoms with Gasteiger partial charge in [-0.1, -0.05) is 12.1 Å². The zero-order valence-electron chi connectivity index (χ0n) is 9.44. The van der Waals surface area contributed by atoms with Crippen LogP contribution in [0.3, 0.4) is 0 Å². The molecule has 0 bridgehead atoms. The molecule has 1 saturated heterocycles. The number of aliphatic hydroxyl groups excluding tert-OH is 3. The molecule has 4 unspecified atom stereocenters. The van der Waals surface area contributed by atoms with Gasteiger partial charge in [-0.3, -0.25) is 0 Å². The quantitative estimate of drug-likeness (QED) is 0.313. The van der Waals surface area contributed by atoms with Crippen molar-refractivity contribution in [2.24, 2.45) is 0 Å². The van der Waals surface area contributed by atoms with Crippen LogP contribution in [0.15, 0.2) is 12.7 Å². The van der Waals surface area contributed by atoms with Gasteiger partial charge in [0.15, 0.2) is 0 Å². The molecule has 0 aliphatic carbocycles. The van der Waals surface area contributed by atoms with Gasteiger partial charge in [0.25, 0.3) is 0 Å². The van der Waals surface area contributed by atoms with Crippen LogP contribution in [0.2, 0.25) is 0 Å². The van der Waals surface area contributed by atoms with Crippen LogP contribution in [0.1, 0.15) is 0 Å². The zero-order chi connectivity index (χ0) is 10.0. The monoisotopic (exact) mass is 1100 g/mol. The molecule has 1 aliphatic rings. The van der Waals surface area contributed by atoms with Crippen molar-refractivity contribution >= 4 is 0 Å². The molecule has 9 heteroatoms. The molecule has 1 fully saturated rings. The second-order valence-corrected chi connectivity index (χ2v) is 3.06. The molecule has 1 heterocycles. The molecule has 1 rings (SSSR count). The Labute approximate surface area is 245 Å². The molecule has 17 heavy (non-hydrogen) atoms. The minimum absolute atomic E-state index is 0. The summed E-state index contributed by atoms with van der Waals surface area (Å²) < 4.78 is 5.11. The summed E-state index contributed by atoms with van der Waals surface area (Å²) in [4.78, 5) is 0. The molecule has 4 radical (unpaired) electrons. The summed E-state index contributed by atoms with van der Waals surface area (Å²) in [7, 11) is 0. The van der Waals surface area contributed by atoms with E-state index in [1.807, 2.05) is 0 Å². The Morgan fingerprint density at radius 1 is 1.12 bits per heavy atom. The fourth-order valence-electron chi connectivity index (χ4n) is 1.35. The van der Waals surface area contributed by atoms with Crippen molar-refractivity contribution < 1.29 is 196 Å². The van der Waals surface area contributed by atoms with E-state index >= 15 is 0 Å². The SMILES string of the molecule is C=C[C@H]1OC(CO)C(O)C(O)C1[NH-].[Ac].[Ac].[Ac].[Ac]. The van der Waals surface area contributed by atoms with Gasteiger partial charge in [-0.25, -0.2) is 0 Å². The maximum Gasteiger partial charge on any atom is 0.110 e. The second-order valence-electron chi connectivity index (χ2n) is 3.06. The van der Waals surface area contributed by atoms with Gasteiger partial charge >= 0.3 is 0 Å². The van der Waals surface area contributed by atoms with Crippen LogP contribution in [-0.2, 0) is 4.74 Å². The minimum atomic E-state index is -1.20. The molecule has 4 N–H and O–H groups in total. The van der Waals surface area contributed by atoms with Crippen LogP contribution in [0.25, 0.3) is 5.73 Å². The van der Waals surface area contributed by atoms with E-state index in [4.69, 9.17) is 15.6 Å². The van der Waals surface area contributed by atoms with Crippen molar-refractivity contribution in [3.63, 3.8) is 0 Å². The Morgan fingerprint density at radius 2 is 1.59 bits per heavy atom. The third-order valence-electron chi connectivity index (χ3n) is 2.20. The van der Waals surface area contributed by atoms with Crippen LogP contribution >= 0.6 is 0 Å². The van der Waals surface area contributed by atoms with Crippen molar-refractivity contribution in [1.29, 1.82) is 0 Å². The Kier molecular flexibility index (Phi) is 28.7. The largest absolute Gasteiger partial charge is 0.670 e. The van der Waals surface area contributed by atoms with Crippen LogP contribution < -0.4 is 0 Å². The van der Waals surface area contributed by atoms with E-state index in [9.17, 15) is 10.2 Å². The normalized spacial score (nSPS) is 35.2. The van der Waals surface area contributed by atoms with Gasteiger partial charge in [-0.05, 0) is 0 Å². The number of hydrogen-bond acceptors (Lipinski definition) is 4. The standard InChI is InChI=1S/C8H14NO4.4Ac/c1-2-4-6(9)8(12)7(11)5(3-10)13-4;;;;/h2,4-12H,1,3H2;;;;/q-1;;;;/t4-,5?,6?,7?,8?;;;;/m1..../s1. The molecular formula is C8H14Ac4NO4-. The van der Waals surface area contributed by atoms with E-state index in [-0.39, 0.29) is 183 Å². The van der Waals surface area contributed by atoms with Crippen molar-refractivity contribution in [3.05, 3.63) is 18.4 Å². The summed E-state index contributed by atoms with van der Waals surface area (Å²) in [5.74, 6) is 0. The molecule has 5 atom stereocenters. The smallest absolute Gasteiger partial charge is 0.110 e. The average Bonchev–Trinajstić information content (AvgIpc) is 2.15. The topological polar surface area (TPSA) is 93.7 Å². The van der Waals surface area contributed by atoms with Gasteiger partial charge in [-0.2, -0.15) is 0 Å². The number of rotatable bonds is 2. The third-order valence-corrected chi connectivity index (χ3v) is 2.20. The van der Waals surface area contributed by atoms with Crippen LogP contribution in [0.4, 0.5) is 0 Å². The van der Waals surface area contributed by atoms with E-state index < -0.39 is 30.5 Å². The first-order valence-corrected chi connectivity index (χ1v) is 4.08. The fourth-order valence-corrected chi connectivity index (χ4v) is 1.35. The first-order valence-electron chi connectivity index (χ1n) is 4.08. The summed E-state index contributed by atoms with van der Waals surface area (Å²) in [6, 6.07) is -0.949. The molecule has 0 aromatic carbocycles. The van der Waals surface area contributed by atoms with Gasteiger partial charge in [-0.15, -0.1) is 6.58 Å². The summed E-state index contributed by atoms with van der Waals surface area (Å²) in [6.45, 7) is 3.06. The van der Waals surface area contributed by atoms with Crippen molar-refractivity contribution in [1.82, 2.24) is 0 Å². The molecule has 0 spiro atoms. The fraction of sp³-hybridized carbons (Fsp3) is 0.750. The van der Waals surface area contributed by atoms with E-state index in [0.717, 1.165) is 0 Å². The van der Waals surface area contributed by atoms with E-state index in [0.29, 0.717) is 0 Å². The molecule has 1 aliphatic heterocycles. The maximum atomic E-state index is 9.37. The molecular weight excluding hydrogens is 1080 g/mol. The van der Waals surface area contributed by atoms with Gasteiger partial charge < -0.3 is 25.8 Å². The molecule has 0 saturated carbocycles. The Morgan fingerprint density at radius 3 is 1.94 bits per heavy atom. The van der Waals surface area contributed by atoms with E-state index in [1.54, 1.807) is 0 Å². The minimum Gasteiger partial charge on any atom is -0.670 e. The van der Waals surface area contributed by atoms with Crippen molar-refractivity contribution in [3.8, 4) is 0 Å². The summed E-state index contributed by atoms with van der Waals surface area (Å²) in [6.07, 6.45) is -2.50. The predicted molar refractivity (Wildman–Crippen MR) is 46.1 cm³/mol. The third kappa shape index (κ3) is 9.25. The predicted octanol–water partition coefficient (Wildman–Crippen LogP) is -0.925. The molecule has 0 amide bonds. The van der Waals surface area contributed by atoms with Crippen LogP contribution in [0.5, 0.6) is 0 Å². The molecule has 0 aromatic rings. The van der Waals surface area contributed by atoms with Gasteiger partial charge in [0, 0.05) is 176 Å². The number of nitrogens with one attached hydrogen (secondary N) is 1. The van der Waals surface area contributed by atoms with Gasteiger partial charge in [0.05, 0.1) is 18.8 Å². The Balaban J connectivity index is -0.000000211. The van der Waals surface area contributed by atoms with Gasteiger partial charge in [0.1, 0.15) is 12.2 Å². The zero-order valence-corrected chi connectivity index (χ0v) is 28.4. The Hall–Kier alpha value is 5.31. The summed E-state index contributed by atoms with van der Waals surface area (Å²) in [5.41, 5.74) is 7.44. The van der Waals surface area contributed by atoms with E-state index in [2.05, 4.69) is 6.58 Å². The van der Waals surface area contributed by atoms with Gasteiger partial charge in [0.2, 0.25) is 0 Å². The van der Waals surface area contributed by atoms with Crippen molar-refractivity contribution in [2.75, 3.05) is 6.61 Å². The first-order chi connectivity index (χ1) is 6.11. The number of ether oxygens (including phenoxy) is 1. The van der Waals surface area contributed by atoms with Crippen LogP contribution in [0, 0.1) is 176 Å². The number of aliphatic hydroxyl groups is 3. The summed E-state index contributed by atoms with van der Waals surface area (Å²) >= 11 is 0. The van der Waals surface area contributed by atoms with Crippen molar-refractivity contribution in [2.45, 2.75) is 30.5 Å². The van der Waals surface area contributed by atoms with Crippen LogP contribution in [-0.4, -0.2) is 52.4 Å². The number of hydrogen-bond donors (Lipinski definition) is 3. The Bertz CT molecular complexity index is 198. The molecule has 5 nitrogen and oxygen atoms in total. The average molecular weight is 1100 g/mol. The molecule has 0 aromatic heterocycles. The maximum absolute atomic E-state index is 9.37. The first kappa shape index (κ1) is 30.2.